The summed E-state index contributed by atoms with van der Waals surface area (Å²) in [5, 5.41) is 13.1. The SMILES string of the molecule is Cc1c2oc3c(C)c(NC(=O)COC(=O)C(N)C(C)C)cc(C(=O)NC4C(=O)NC(C(C)C)C(=O)N5CCCC5C(=O)N(C)CC(=O)N(C)C(C(C)C)C(=O)OC4C)c3nc-2c(C(=O)NC2C(=O)NC(C(C)C)C(=O)N3CCCC3C(=O)N(C)CC(=O)N(C)C(C(C)C)C(=O)OC2C)c(N)c1=O. The molecule has 4 saturated heterocycles. The van der Waals surface area contributed by atoms with E-state index >= 15 is 19.2 Å². The Hall–Kier alpha value is -9.82. The fourth-order valence-corrected chi connectivity index (χ4v) is 13.2. The van der Waals surface area contributed by atoms with E-state index in [0.717, 1.165) is 15.9 Å². The Kier molecular flexibility index (Phi) is 25.3. The molecule has 102 heavy (non-hydrogen) atoms. The van der Waals surface area contributed by atoms with Crippen LogP contribution in [-0.4, -0.2) is 245 Å². The first kappa shape index (κ1) is 79.5. The van der Waals surface area contributed by atoms with Gasteiger partial charge in [0.05, 0.1) is 29.9 Å². The molecule has 11 amide bonds. The van der Waals surface area contributed by atoms with Crippen molar-refractivity contribution in [2.45, 2.75) is 189 Å². The van der Waals surface area contributed by atoms with E-state index < -0.39 is 232 Å². The van der Waals surface area contributed by atoms with Crippen molar-refractivity contribution in [2.75, 3.05) is 72.0 Å². The van der Waals surface area contributed by atoms with Crippen molar-refractivity contribution in [3.05, 3.63) is 38.5 Å². The number of nitrogens with one attached hydrogen (secondary N) is 5. The molecule has 1 aromatic carbocycles. The van der Waals surface area contributed by atoms with Gasteiger partial charge in [-0.3, -0.25) is 62.3 Å². The molecule has 0 radical (unpaired) electrons. The highest BCUT2D eigenvalue weighted by Crippen LogP contribution is 2.38. The van der Waals surface area contributed by atoms with Crippen molar-refractivity contribution in [1.29, 1.82) is 0 Å². The molecule has 7 rings (SSSR count). The molecule has 0 spiro atoms. The zero-order chi connectivity index (χ0) is 76.3. The Balaban J connectivity index is 1.41. The summed E-state index contributed by atoms with van der Waals surface area (Å²) in [6.45, 7) is 19.9. The minimum atomic E-state index is -1.98. The number of likely N-dealkylation sites (N-methyl/N-ethyl adjacent to an activating group) is 4. The Labute approximate surface area is 591 Å². The predicted molar refractivity (Wildman–Crippen MR) is 368 cm³/mol. The molecule has 0 bridgehead atoms. The largest absolute Gasteiger partial charge is 0.458 e. The lowest BCUT2D eigenvalue weighted by Crippen LogP contribution is -2.61. The van der Waals surface area contributed by atoms with E-state index in [2.05, 4.69) is 26.6 Å². The Morgan fingerprint density at radius 3 is 1.50 bits per heavy atom. The number of cyclic esters (lactones) is 2. The van der Waals surface area contributed by atoms with Gasteiger partial charge in [0.1, 0.15) is 77.8 Å². The number of hydrogen-bond donors (Lipinski definition) is 7. The maximum absolute atomic E-state index is 15.7. The quantitative estimate of drug-likeness (QED) is 0.0520. The summed E-state index contributed by atoms with van der Waals surface area (Å²) >= 11 is 0. The standard InChI is InChI=1S/C69H98N14O19/c1-29(2)46(70)67(96)99-28-42(84)72-39-25-38(59(88)76-50-36(13)100-68(97)54(32(7)8)80(17)43(85)26-78(15)63(92)40-21-19-23-82(40)65(94)48(30(3)4)74-61(50)90)52-57(34(39)11)102-58-35(12)56(87)47(71)45(53(58)73-52)60(89)77-51-37(14)101-69(98)55(33(9)10)81(18)44(86)27-79(16)64(93)41-22-20-24-83(41)66(95)49(31(5)6)75-62(51)91/h25,29-33,36-37,40-41,46,48-51,54-55H,19-24,26-28,70-71H2,1-18H3,(H,72,84)(H,74,90)(H,75,91)(H,76,88)(H,77,89). The number of nitrogens with zero attached hydrogens (tertiary/aromatic N) is 7. The van der Waals surface area contributed by atoms with Crippen LogP contribution in [0.25, 0.3) is 22.6 Å². The second-order valence-electron chi connectivity index (χ2n) is 28.6. The maximum Gasteiger partial charge on any atom is 0.329 e. The highest BCUT2D eigenvalue weighted by Gasteiger charge is 2.47. The zero-order valence-corrected chi connectivity index (χ0v) is 61.2. The van der Waals surface area contributed by atoms with E-state index in [-0.39, 0.29) is 54.2 Å². The minimum Gasteiger partial charge on any atom is -0.458 e. The van der Waals surface area contributed by atoms with Gasteiger partial charge in [-0.05, 0) is 89.0 Å². The normalized spacial score (nSPS) is 24.8. The third-order valence-electron chi connectivity index (χ3n) is 19.3. The average molecular weight is 1430 g/mol. The average Bonchev–Trinajstić information content (AvgIpc) is 0.878. The molecule has 4 fully saturated rings. The number of rotatable bonds is 13. The van der Waals surface area contributed by atoms with Gasteiger partial charge in [0.2, 0.25) is 52.7 Å². The van der Waals surface area contributed by atoms with Crippen LogP contribution in [0, 0.1) is 43.4 Å². The summed E-state index contributed by atoms with van der Waals surface area (Å²) < 4.78 is 23.7. The third kappa shape index (κ3) is 16.7. The molecule has 33 heteroatoms. The van der Waals surface area contributed by atoms with Gasteiger partial charge in [0, 0.05) is 58.1 Å². The number of aromatic nitrogens is 1. The number of anilines is 2. The van der Waals surface area contributed by atoms with Crippen LogP contribution in [0.3, 0.4) is 0 Å². The highest BCUT2D eigenvalue weighted by atomic mass is 16.6. The van der Waals surface area contributed by atoms with Crippen LogP contribution in [0.2, 0.25) is 0 Å². The fourth-order valence-electron chi connectivity index (χ4n) is 13.2. The number of nitrogen functional groups attached to an aromatic ring is 1. The van der Waals surface area contributed by atoms with Crippen molar-refractivity contribution < 1.29 is 85.8 Å². The number of carbonyl (C=O) groups excluding carboxylic acids is 14. The molecular formula is C69H98N14O19. The Morgan fingerprint density at radius 1 is 0.637 bits per heavy atom. The first-order valence-electron chi connectivity index (χ1n) is 34.3. The van der Waals surface area contributed by atoms with E-state index in [1.165, 1.54) is 75.5 Å². The molecule has 11 atom stereocenters. The van der Waals surface area contributed by atoms with Crippen LogP contribution in [0.5, 0.6) is 0 Å². The molecule has 33 nitrogen and oxygen atoms in total. The Bertz CT molecular complexity index is 3870. The summed E-state index contributed by atoms with van der Waals surface area (Å²) in [6, 6.07) is -11.5. The first-order chi connectivity index (χ1) is 47.6. The number of carbonyl (C=O) groups is 14. The topological polar surface area (TPSA) is 441 Å². The summed E-state index contributed by atoms with van der Waals surface area (Å²) in [4.78, 5) is 229. The molecule has 1 aromatic rings. The van der Waals surface area contributed by atoms with Crippen LogP contribution in [0.1, 0.15) is 141 Å². The molecule has 0 aromatic heterocycles. The van der Waals surface area contributed by atoms with Crippen LogP contribution >= 0.6 is 0 Å². The van der Waals surface area contributed by atoms with Crippen molar-refractivity contribution in [3.63, 3.8) is 0 Å². The number of fused-ring (bicyclic) bond motifs is 4. The minimum absolute atomic E-state index is 0.00758. The molecule has 11 unspecified atom stereocenters. The van der Waals surface area contributed by atoms with Crippen LogP contribution in [0.15, 0.2) is 15.3 Å². The van der Waals surface area contributed by atoms with E-state index in [0.29, 0.717) is 12.8 Å². The smallest absolute Gasteiger partial charge is 0.329 e. The lowest BCUT2D eigenvalue weighted by atomic mass is 9.98. The summed E-state index contributed by atoms with van der Waals surface area (Å²) in [5.41, 5.74) is 7.64. The van der Waals surface area contributed by atoms with Crippen molar-refractivity contribution in [2.24, 2.45) is 35.3 Å². The number of ether oxygens (including phenoxy) is 3. The zero-order valence-electron chi connectivity index (χ0n) is 61.2. The molecule has 6 aliphatic rings. The fraction of sp³-hybridized carbons (Fsp3) is 0.623. The monoisotopic (exact) mass is 1430 g/mol. The number of nitrogens with two attached hydrogens (primary N) is 2. The summed E-state index contributed by atoms with van der Waals surface area (Å²) in [6.07, 6.45) is -2.06. The van der Waals surface area contributed by atoms with Gasteiger partial charge in [-0.2, -0.15) is 0 Å². The van der Waals surface area contributed by atoms with Gasteiger partial charge in [-0.15, -0.1) is 0 Å². The molecule has 9 N–H and O–H groups in total. The van der Waals surface area contributed by atoms with E-state index in [1.54, 1.807) is 69.2 Å². The van der Waals surface area contributed by atoms with Gasteiger partial charge in [0.15, 0.2) is 18.0 Å². The number of esters is 3. The van der Waals surface area contributed by atoms with E-state index in [1.807, 2.05) is 0 Å². The van der Waals surface area contributed by atoms with Crippen LogP contribution in [0.4, 0.5) is 11.4 Å². The Morgan fingerprint density at radius 2 is 1.08 bits per heavy atom. The molecule has 5 heterocycles. The molecule has 1 aliphatic carbocycles. The molecule has 558 valence electrons. The first-order valence-corrected chi connectivity index (χ1v) is 34.3. The van der Waals surface area contributed by atoms with Gasteiger partial charge in [-0.25, -0.2) is 14.6 Å². The van der Waals surface area contributed by atoms with E-state index in [4.69, 9.17) is 35.1 Å². The molecule has 5 aliphatic heterocycles. The molecular weight excluding hydrogens is 1330 g/mol. The van der Waals surface area contributed by atoms with Crippen molar-refractivity contribution >= 4 is 105 Å². The van der Waals surface area contributed by atoms with Crippen LogP contribution < -0.4 is 43.5 Å². The van der Waals surface area contributed by atoms with Gasteiger partial charge in [0.25, 0.3) is 17.7 Å². The lowest BCUT2D eigenvalue weighted by Gasteiger charge is -2.36. The number of hydrogen-bond acceptors (Lipinski definition) is 22. The van der Waals surface area contributed by atoms with E-state index in [9.17, 15) is 52.7 Å². The second kappa shape index (κ2) is 32.4. The van der Waals surface area contributed by atoms with Gasteiger partial charge < -0.3 is 86.1 Å². The van der Waals surface area contributed by atoms with Gasteiger partial charge >= 0.3 is 17.9 Å². The van der Waals surface area contributed by atoms with Crippen LogP contribution in [-0.2, 0) is 71.7 Å². The van der Waals surface area contributed by atoms with Gasteiger partial charge in [-0.1, -0.05) is 69.2 Å². The number of aryl methyl sites for hydroxylation is 1. The lowest BCUT2D eigenvalue weighted by molar-refractivity contribution is -0.163. The molecule has 0 saturated carbocycles. The highest BCUT2D eigenvalue weighted by molar-refractivity contribution is 6.12. The maximum atomic E-state index is 15.7. The predicted octanol–water partition coefficient (Wildman–Crippen LogP) is 0.191. The van der Waals surface area contributed by atoms with Crippen molar-refractivity contribution in [3.8, 4) is 11.5 Å². The third-order valence-corrected chi connectivity index (χ3v) is 19.3. The summed E-state index contributed by atoms with van der Waals surface area (Å²) in [5.74, 6) is -16.0. The second-order valence-corrected chi connectivity index (χ2v) is 28.6. The van der Waals surface area contributed by atoms with Crippen molar-refractivity contribution in [1.82, 2.24) is 55.7 Å². The number of amides is 11. The summed E-state index contributed by atoms with van der Waals surface area (Å²) in [7, 11) is 5.47. The number of benzene rings is 2.